The van der Waals surface area contributed by atoms with E-state index in [2.05, 4.69) is 10.3 Å². The Kier molecular flexibility index (Phi) is 3.16. The van der Waals surface area contributed by atoms with E-state index in [0.717, 1.165) is 28.3 Å². The molecule has 1 N–H and O–H groups in total. The summed E-state index contributed by atoms with van der Waals surface area (Å²) in [5.41, 5.74) is 5.28. The van der Waals surface area contributed by atoms with Gasteiger partial charge < -0.3 is 9.72 Å². The Hall–Kier alpha value is -2.33. The maximum atomic E-state index is 12.6. The highest BCUT2D eigenvalue weighted by Crippen LogP contribution is 2.37. The molecule has 4 nitrogen and oxygen atoms in total. The van der Waals surface area contributed by atoms with Crippen molar-refractivity contribution in [1.82, 2.24) is 9.38 Å². The topological polar surface area (TPSA) is 46.4 Å². The molecule has 0 saturated carbocycles. The van der Waals surface area contributed by atoms with Crippen LogP contribution in [-0.4, -0.2) is 15.2 Å². The summed E-state index contributed by atoms with van der Waals surface area (Å²) in [6.07, 6.45) is 2.31. The van der Waals surface area contributed by atoms with Crippen LogP contribution in [0.2, 0.25) is 5.02 Å². The van der Waals surface area contributed by atoms with Crippen LogP contribution < -0.4 is 5.32 Å². The van der Waals surface area contributed by atoms with E-state index in [-0.39, 0.29) is 11.8 Å². The summed E-state index contributed by atoms with van der Waals surface area (Å²) in [5.74, 6) is 0.115. The van der Waals surface area contributed by atoms with Gasteiger partial charge in [-0.15, -0.1) is 0 Å². The minimum absolute atomic E-state index is 0.115. The highest BCUT2D eigenvalue weighted by atomic mass is 35.5. The van der Waals surface area contributed by atoms with E-state index in [9.17, 15) is 4.79 Å². The van der Waals surface area contributed by atoms with Gasteiger partial charge in [-0.2, -0.15) is 0 Å². The number of anilines is 1. The second kappa shape index (κ2) is 5.10. The number of Topliss-reactive ketones (excluding diaryl/α,β-unsaturated/α-hetero) is 1. The lowest BCUT2D eigenvalue weighted by Gasteiger charge is -2.27. The quantitative estimate of drug-likeness (QED) is 0.723. The lowest BCUT2D eigenvalue weighted by atomic mass is 9.93. The first-order chi connectivity index (χ1) is 11.1. The molecule has 0 bridgehead atoms. The minimum atomic E-state index is -0.132. The molecule has 3 aromatic rings. The van der Waals surface area contributed by atoms with Crippen molar-refractivity contribution in [2.24, 2.45) is 0 Å². The maximum Gasteiger partial charge on any atom is 0.167 e. The van der Waals surface area contributed by atoms with Gasteiger partial charge in [0.2, 0.25) is 0 Å². The number of carbonyl (C=O) groups excluding carboxylic acids is 1. The van der Waals surface area contributed by atoms with Crippen molar-refractivity contribution in [3.8, 4) is 0 Å². The Labute approximate surface area is 139 Å². The highest BCUT2D eigenvalue weighted by molar-refractivity contribution is 6.31. The Balaban J connectivity index is 1.89. The van der Waals surface area contributed by atoms with E-state index in [1.165, 1.54) is 0 Å². The number of nitrogens with one attached hydrogen (secondary N) is 1. The van der Waals surface area contributed by atoms with Crippen molar-refractivity contribution < 1.29 is 4.79 Å². The van der Waals surface area contributed by atoms with Gasteiger partial charge in [-0.3, -0.25) is 4.79 Å². The third kappa shape index (κ3) is 2.13. The van der Waals surface area contributed by atoms with Gasteiger partial charge in [0, 0.05) is 28.9 Å². The van der Waals surface area contributed by atoms with Gasteiger partial charge in [-0.25, -0.2) is 4.98 Å². The van der Waals surface area contributed by atoms with Gasteiger partial charge in [0.1, 0.15) is 0 Å². The molecule has 1 aliphatic rings. The molecule has 2 aromatic heterocycles. The summed E-state index contributed by atoms with van der Waals surface area (Å²) >= 11 is 6.31. The molecule has 116 valence electrons. The zero-order valence-electron chi connectivity index (χ0n) is 12.9. The Morgan fingerprint density at radius 1 is 1.26 bits per heavy atom. The number of halogens is 1. The summed E-state index contributed by atoms with van der Waals surface area (Å²) in [7, 11) is 0. The van der Waals surface area contributed by atoms with E-state index in [0.29, 0.717) is 17.0 Å². The average molecular weight is 326 g/mol. The summed E-state index contributed by atoms with van der Waals surface area (Å²) in [6.45, 7) is 4.00. The normalized spacial score (nSPS) is 17.2. The molecule has 5 heteroatoms. The van der Waals surface area contributed by atoms with Crippen LogP contribution in [0, 0.1) is 13.8 Å². The van der Waals surface area contributed by atoms with Crippen LogP contribution in [0.3, 0.4) is 0 Å². The first-order valence-electron chi connectivity index (χ1n) is 7.58. The van der Waals surface area contributed by atoms with Crippen LogP contribution in [0.5, 0.6) is 0 Å². The fourth-order valence-corrected chi connectivity index (χ4v) is 3.45. The maximum absolute atomic E-state index is 12.6. The molecule has 23 heavy (non-hydrogen) atoms. The number of imidazole rings is 1. The molecule has 1 aromatic carbocycles. The highest BCUT2D eigenvalue weighted by Gasteiger charge is 2.29. The van der Waals surface area contributed by atoms with Crippen molar-refractivity contribution >= 4 is 28.7 Å². The third-order valence-electron chi connectivity index (χ3n) is 4.56. The summed E-state index contributed by atoms with van der Waals surface area (Å²) in [6, 6.07) is 9.38. The van der Waals surface area contributed by atoms with Crippen molar-refractivity contribution in [2.75, 3.05) is 5.32 Å². The first kappa shape index (κ1) is 14.3. The van der Waals surface area contributed by atoms with Gasteiger partial charge in [0.25, 0.3) is 0 Å². The Bertz CT molecular complexity index is 945. The van der Waals surface area contributed by atoms with Crippen molar-refractivity contribution in [3.05, 3.63) is 64.1 Å². The molecule has 0 radical (unpaired) electrons. The third-order valence-corrected chi connectivity index (χ3v) is 4.90. The van der Waals surface area contributed by atoms with Crippen molar-refractivity contribution in [3.63, 3.8) is 0 Å². The molecule has 0 amide bonds. The Morgan fingerprint density at radius 2 is 2.04 bits per heavy atom. The molecular formula is C18H16ClN3O. The molecular weight excluding hydrogens is 310 g/mol. The largest absolute Gasteiger partial charge is 0.374 e. The first-order valence-corrected chi connectivity index (χ1v) is 7.96. The average Bonchev–Trinajstić information content (AvgIpc) is 2.83. The molecule has 0 aliphatic carbocycles. The van der Waals surface area contributed by atoms with Gasteiger partial charge in [-0.05, 0) is 31.5 Å². The predicted octanol–water partition coefficient (Wildman–Crippen LogP) is 4.34. The smallest absolute Gasteiger partial charge is 0.167 e. The lowest BCUT2D eigenvalue weighted by molar-refractivity contribution is 0.0972. The number of hydrogen-bond acceptors (Lipinski definition) is 3. The second-order valence-corrected chi connectivity index (χ2v) is 6.33. The van der Waals surface area contributed by atoms with E-state index in [1.807, 2.05) is 54.8 Å². The van der Waals surface area contributed by atoms with Gasteiger partial charge in [-0.1, -0.05) is 29.8 Å². The van der Waals surface area contributed by atoms with Crippen molar-refractivity contribution in [2.45, 2.75) is 26.3 Å². The van der Waals surface area contributed by atoms with Crippen LogP contribution >= 0.6 is 11.6 Å². The molecule has 1 unspecified atom stereocenters. The molecule has 1 atom stereocenters. The lowest BCUT2D eigenvalue weighted by Crippen LogP contribution is -2.24. The number of ketones is 1. The number of carbonyl (C=O) groups is 1. The summed E-state index contributed by atoms with van der Waals surface area (Å²) in [5, 5.41) is 4.15. The second-order valence-electron chi connectivity index (χ2n) is 5.93. The molecule has 0 spiro atoms. The molecule has 3 heterocycles. The zero-order chi connectivity index (χ0) is 16.1. The molecule has 1 aliphatic heterocycles. The number of benzene rings is 1. The van der Waals surface area contributed by atoms with Crippen LogP contribution in [-0.2, 0) is 0 Å². The molecule has 0 fully saturated rings. The van der Waals surface area contributed by atoms with Crippen LogP contribution in [0.15, 0.2) is 36.5 Å². The van der Waals surface area contributed by atoms with Crippen LogP contribution in [0.4, 0.5) is 5.69 Å². The molecule has 4 rings (SSSR count). The standard InChI is InChI=1S/C18H16ClN3O/c1-10-11(2)22-8-7-13-16(23)9-15(21-17(13)18(22)20-10)12-5-3-4-6-14(12)19/h3-8,15,21H,9H2,1-2H3. The molecule has 0 saturated heterocycles. The van der Waals surface area contributed by atoms with E-state index in [4.69, 9.17) is 11.6 Å². The number of nitrogens with zero attached hydrogens (tertiary/aromatic N) is 2. The summed E-state index contributed by atoms with van der Waals surface area (Å²) < 4.78 is 2.02. The fourth-order valence-electron chi connectivity index (χ4n) is 3.18. The summed E-state index contributed by atoms with van der Waals surface area (Å²) in [4.78, 5) is 17.2. The minimum Gasteiger partial charge on any atom is -0.374 e. The number of rotatable bonds is 1. The van der Waals surface area contributed by atoms with Crippen LogP contribution in [0.25, 0.3) is 5.65 Å². The predicted molar refractivity (Wildman–Crippen MR) is 91.4 cm³/mol. The van der Waals surface area contributed by atoms with E-state index in [1.54, 1.807) is 0 Å². The van der Waals surface area contributed by atoms with Gasteiger partial charge in [0.05, 0.1) is 17.4 Å². The zero-order valence-corrected chi connectivity index (χ0v) is 13.7. The fraction of sp³-hybridized carbons (Fsp3) is 0.222. The Morgan fingerprint density at radius 3 is 2.83 bits per heavy atom. The van der Waals surface area contributed by atoms with Gasteiger partial charge in [0.15, 0.2) is 11.4 Å². The SMILES string of the molecule is Cc1nc2c3c(ccn2c1C)C(=O)CC(c1ccccc1Cl)N3. The van der Waals surface area contributed by atoms with E-state index < -0.39 is 0 Å². The monoisotopic (exact) mass is 325 g/mol. The number of aryl methyl sites for hydroxylation is 2. The number of hydrogen-bond donors (Lipinski definition) is 1. The van der Waals surface area contributed by atoms with Crippen molar-refractivity contribution in [1.29, 1.82) is 0 Å². The van der Waals surface area contributed by atoms with E-state index >= 15 is 0 Å². The number of aromatic nitrogens is 2. The number of pyridine rings is 1. The van der Waals surface area contributed by atoms with Crippen LogP contribution in [0.1, 0.15) is 39.8 Å². The number of fused-ring (bicyclic) bond motifs is 3. The van der Waals surface area contributed by atoms with Gasteiger partial charge >= 0.3 is 0 Å².